The van der Waals surface area contributed by atoms with E-state index in [0.29, 0.717) is 58.3 Å². The van der Waals surface area contributed by atoms with Crippen molar-refractivity contribution in [2.75, 3.05) is 26.1 Å². The average molecular weight is 588 g/mol. The molecule has 226 valence electrons. The number of fused-ring (bicyclic) bond motifs is 1. The Bertz CT molecular complexity index is 1580. The van der Waals surface area contributed by atoms with Gasteiger partial charge in [0.25, 0.3) is 0 Å². The maximum Gasteiger partial charge on any atom is 0.336 e. The minimum Gasteiger partial charge on any atom is -0.493 e. The zero-order chi connectivity index (χ0) is 30.7. The van der Waals surface area contributed by atoms with E-state index in [1.54, 1.807) is 63.7 Å². The Kier molecular flexibility index (Phi) is 8.57. The number of hydrogen-bond acceptors (Lipinski definition) is 8. The second kappa shape index (κ2) is 12.3. The molecule has 10 nitrogen and oxygen atoms in total. The van der Waals surface area contributed by atoms with Crippen LogP contribution in [0.2, 0.25) is 0 Å². The van der Waals surface area contributed by atoms with Crippen molar-refractivity contribution in [2.45, 2.75) is 46.5 Å². The van der Waals surface area contributed by atoms with E-state index in [4.69, 9.17) is 18.9 Å². The molecule has 0 radical (unpaired) electrons. The fourth-order valence-corrected chi connectivity index (χ4v) is 5.47. The van der Waals surface area contributed by atoms with E-state index < -0.39 is 11.4 Å². The maximum absolute atomic E-state index is 13.5. The third-order valence-electron chi connectivity index (χ3n) is 8.22. The highest BCUT2D eigenvalue weighted by Gasteiger charge is 2.57. The van der Waals surface area contributed by atoms with Crippen molar-refractivity contribution >= 4 is 34.4 Å². The number of amides is 2. The topological polar surface area (TPSA) is 125 Å². The maximum atomic E-state index is 13.5. The molecule has 10 heteroatoms. The van der Waals surface area contributed by atoms with E-state index in [1.807, 2.05) is 19.9 Å². The molecule has 1 heterocycles. The van der Waals surface area contributed by atoms with Gasteiger partial charge in [-0.3, -0.25) is 14.6 Å². The molecule has 2 amide bonds. The fourth-order valence-electron chi connectivity index (χ4n) is 5.47. The van der Waals surface area contributed by atoms with Crippen LogP contribution in [0.25, 0.3) is 10.9 Å². The fraction of sp³-hybridized carbons (Fsp3) is 0.394. The van der Waals surface area contributed by atoms with Gasteiger partial charge in [-0.15, -0.1) is 0 Å². The first-order valence-corrected chi connectivity index (χ1v) is 14.5. The second-order valence-corrected chi connectivity index (χ2v) is 11.1. The quantitative estimate of drug-likeness (QED) is 0.227. The van der Waals surface area contributed by atoms with Gasteiger partial charge in [-0.1, -0.05) is 13.8 Å². The van der Waals surface area contributed by atoms with Gasteiger partial charge in [0.05, 0.1) is 31.9 Å². The summed E-state index contributed by atoms with van der Waals surface area (Å²) in [4.78, 5) is 43.9. The SMILES string of the molecule is CCOC(=O)C1=C(NC(=O)C2(C(=O)Nc3ccc(Oc4ccnc5cc(OC)c(OC)cc45)cc3)CC2)C(C)CCC1C. The zero-order valence-corrected chi connectivity index (χ0v) is 25.1. The molecule has 2 aliphatic carbocycles. The van der Waals surface area contributed by atoms with E-state index >= 15 is 0 Å². The number of benzene rings is 2. The number of carbonyl (C=O) groups is 3. The number of ether oxygens (including phenoxy) is 4. The molecule has 5 rings (SSSR count). The van der Waals surface area contributed by atoms with Crippen molar-refractivity contribution in [3.05, 3.63) is 59.9 Å². The van der Waals surface area contributed by atoms with Crippen LogP contribution in [0.3, 0.4) is 0 Å². The van der Waals surface area contributed by atoms with Crippen LogP contribution in [-0.2, 0) is 19.1 Å². The van der Waals surface area contributed by atoms with Crippen LogP contribution < -0.4 is 24.8 Å². The first kappa shape index (κ1) is 29.9. The minimum atomic E-state index is -1.18. The lowest BCUT2D eigenvalue weighted by Crippen LogP contribution is -2.42. The van der Waals surface area contributed by atoms with Crippen LogP contribution in [0.15, 0.2) is 59.9 Å². The number of pyridine rings is 1. The summed E-state index contributed by atoms with van der Waals surface area (Å²) in [6.45, 7) is 5.95. The largest absolute Gasteiger partial charge is 0.493 e. The van der Waals surface area contributed by atoms with Crippen LogP contribution >= 0.6 is 0 Å². The highest BCUT2D eigenvalue weighted by Crippen LogP contribution is 2.48. The lowest BCUT2D eigenvalue weighted by atomic mass is 9.81. The van der Waals surface area contributed by atoms with Gasteiger partial charge in [0.1, 0.15) is 16.9 Å². The molecule has 2 aliphatic rings. The second-order valence-electron chi connectivity index (χ2n) is 11.1. The predicted octanol–water partition coefficient (Wildman–Crippen LogP) is 5.76. The van der Waals surface area contributed by atoms with Crippen molar-refractivity contribution in [3.8, 4) is 23.0 Å². The van der Waals surface area contributed by atoms with E-state index in [2.05, 4.69) is 15.6 Å². The van der Waals surface area contributed by atoms with E-state index in [-0.39, 0.29) is 30.3 Å². The first-order chi connectivity index (χ1) is 20.7. The van der Waals surface area contributed by atoms with Crippen LogP contribution in [-0.4, -0.2) is 43.6 Å². The molecule has 1 aromatic heterocycles. The van der Waals surface area contributed by atoms with Crippen molar-refractivity contribution in [1.82, 2.24) is 10.3 Å². The van der Waals surface area contributed by atoms with Gasteiger partial charge < -0.3 is 29.6 Å². The molecule has 3 aromatic rings. The molecule has 1 fully saturated rings. The number of anilines is 1. The van der Waals surface area contributed by atoms with Crippen molar-refractivity contribution in [2.24, 2.45) is 17.3 Å². The molecule has 2 atom stereocenters. The number of rotatable bonds is 10. The van der Waals surface area contributed by atoms with Gasteiger partial charge in [-0.2, -0.15) is 0 Å². The van der Waals surface area contributed by atoms with E-state index in [9.17, 15) is 14.4 Å². The monoisotopic (exact) mass is 587 g/mol. The van der Waals surface area contributed by atoms with E-state index in [1.165, 1.54) is 0 Å². The number of aromatic nitrogens is 1. The highest BCUT2D eigenvalue weighted by molar-refractivity contribution is 6.13. The zero-order valence-electron chi connectivity index (χ0n) is 25.1. The number of allylic oxidation sites excluding steroid dienone is 1. The average Bonchev–Trinajstić information content (AvgIpc) is 3.82. The van der Waals surface area contributed by atoms with Gasteiger partial charge in [0.2, 0.25) is 11.8 Å². The third-order valence-corrected chi connectivity index (χ3v) is 8.22. The van der Waals surface area contributed by atoms with Crippen LogP contribution in [0.5, 0.6) is 23.0 Å². The molecule has 2 unspecified atom stereocenters. The molecule has 43 heavy (non-hydrogen) atoms. The normalized spacial score (nSPS) is 18.9. The molecule has 2 N–H and O–H groups in total. The van der Waals surface area contributed by atoms with E-state index in [0.717, 1.165) is 18.2 Å². The van der Waals surface area contributed by atoms with Crippen LogP contribution in [0.4, 0.5) is 5.69 Å². The van der Waals surface area contributed by atoms with Gasteiger partial charge >= 0.3 is 5.97 Å². The molecule has 0 bridgehead atoms. The van der Waals surface area contributed by atoms with Gasteiger partial charge in [-0.25, -0.2) is 4.79 Å². The Morgan fingerprint density at radius 3 is 2.19 bits per heavy atom. The number of hydrogen-bond donors (Lipinski definition) is 2. The van der Waals surface area contributed by atoms with Gasteiger partial charge in [0, 0.05) is 29.0 Å². The summed E-state index contributed by atoms with van der Waals surface area (Å²) in [5.74, 6) is 1.03. The Balaban J connectivity index is 1.28. The Morgan fingerprint density at radius 2 is 1.53 bits per heavy atom. The van der Waals surface area contributed by atoms with Crippen molar-refractivity contribution in [3.63, 3.8) is 0 Å². The number of methoxy groups -OCH3 is 2. The van der Waals surface area contributed by atoms with Crippen LogP contribution in [0.1, 0.15) is 46.5 Å². The molecule has 0 spiro atoms. The van der Waals surface area contributed by atoms with Crippen molar-refractivity contribution in [1.29, 1.82) is 0 Å². The summed E-state index contributed by atoms with van der Waals surface area (Å²) in [7, 11) is 3.14. The molecule has 2 aromatic carbocycles. The molecule has 1 saturated carbocycles. The van der Waals surface area contributed by atoms with Gasteiger partial charge in [0.15, 0.2) is 11.5 Å². The van der Waals surface area contributed by atoms with Crippen molar-refractivity contribution < 1.29 is 33.3 Å². The molecule has 0 saturated heterocycles. The summed E-state index contributed by atoms with van der Waals surface area (Å²) in [6.07, 6.45) is 4.19. The number of carbonyl (C=O) groups excluding carboxylic acids is 3. The Labute approximate surface area is 250 Å². The summed E-state index contributed by atoms with van der Waals surface area (Å²) in [6, 6.07) is 12.3. The van der Waals surface area contributed by atoms with Gasteiger partial charge in [-0.05, 0) is 80.8 Å². The first-order valence-electron chi connectivity index (χ1n) is 14.5. The predicted molar refractivity (Wildman–Crippen MR) is 161 cm³/mol. The highest BCUT2D eigenvalue weighted by atomic mass is 16.5. The standard InChI is InChI=1S/C33H37N3O7/c1-6-42-30(37)28-19(2)7-8-20(3)29(28)36-32(39)33(14-15-33)31(38)35-21-9-11-22(12-10-21)43-25-13-16-34-24-18-27(41-5)26(40-4)17-23(24)25/h9-13,16-20H,6-8,14-15H2,1-5H3,(H,35,38)(H,36,39). The Morgan fingerprint density at radius 1 is 0.884 bits per heavy atom. The molecule has 0 aliphatic heterocycles. The summed E-state index contributed by atoms with van der Waals surface area (Å²) in [5.41, 5.74) is 1.11. The summed E-state index contributed by atoms with van der Waals surface area (Å²) in [5, 5.41) is 6.60. The Hall–Kier alpha value is -4.60. The lowest BCUT2D eigenvalue weighted by Gasteiger charge is -2.30. The smallest absolute Gasteiger partial charge is 0.336 e. The van der Waals surface area contributed by atoms with Crippen LogP contribution in [0, 0.1) is 17.3 Å². The molecular weight excluding hydrogens is 550 g/mol. The summed E-state index contributed by atoms with van der Waals surface area (Å²) >= 11 is 0. The number of esters is 1. The number of nitrogens with one attached hydrogen (secondary N) is 2. The lowest BCUT2D eigenvalue weighted by molar-refractivity contribution is -0.139. The minimum absolute atomic E-state index is 0.0217. The third kappa shape index (κ3) is 6.00. The summed E-state index contributed by atoms with van der Waals surface area (Å²) < 4.78 is 22.2. The number of nitrogens with zero attached hydrogens (tertiary/aromatic N) is 1. The molecular formula is C33H37N3O7.